The number of carboxylic acid groups (broad SMARTS) is 1. The van der Waals surface area contributed by atoms with Crippen molar-refractivity contribution in [3.63, 3.8) is 0 Å². The molecule has 0 atom stereocenters. The first-order valence-corrected chi connectivity index (χ1v) is 5.68. The maximum absolute atomic E-state index is 10.9. The molecule has 1 aliphatic rings. The van der Waals surface area contributed by atoms with Crippen molar-refractivity contribution in [3.8, 4) is 0 Å². The summed E-state index contributed by atoms with van der Waals surface area (Å²) in [6.07, 6.45) is 8.10. The van der Waals surface area contributed by atoms with E-state index in [4.69, 9.17) is 5.11 Å². The van der Waals surface area contributed by atoms with Crippen LogP contribution >= 0.6 is 0 Å². The lowest BCUT2D eigenvalue weighted by atomic mass is 10.1. The molecular weight excluding hydrogens is 204 g/mol. The van der Waals surface area contributed by atoms with Gasteiger partial charge in [0.05, 0.1) is 5.69 Å². The van der Waals surface area contributed by atoms with Gasteiger partial charge in [-0.3, -0.25) is 4.98 Å². The van der Waals surface area contributed by atoms with Crippen LogP contribution in [0.4, 0.5) is 5.69 Å². The minimum absolute atomic E-state index is 0.250. The average Bonchev–Trinajstić information content (AvgIpc) is 2.79. The Morgan fingerprint density at radius 3 is 2.94 bits per heavy atom. The van der Waals surface area contributed by atoms with Gasteiger partial charge in [-0.25, -0.2) is 4.79 Å². The fraction of sp³-hybridized carbons (Fsp3) is 0.500. The van der Waals surface area contributed by atoms with Gasteiger partial charge in [0.1, 0.15) is 5.56 Å². The van der Waals surface area contributed by atoms with Crippen molar-refractivity contribution in [2.75, 3.05) is 11.9 Å². The van der Waals surface area contributed by atoms with E-state index in [1.165, 1.54) is 31.9 Å². The first kappa shape index (κ1) is 10.9. The van der Waals surface area contributed by atoms with Gasteiger partial charge in [-0.05, 0) is 24.8 Å². The zero-order valence-electron chi connectivity index (χ0n) is 9.15. The lowest BCUT2D eigenvalue weighted by Crippen LogP contribution is -2.13. The number of nitrogens with one attached hydrogen (secondary N) is 1. The number of nitrogens with zero attached hydrogens (tertiary/aromatic N) is 1. The Balaban J connectivity index is 2.00. The van der Waals surface area contributed by atoms with Crippen molar-refractivity contribution in [3.05, 3.63) is 24.0 Å². The molecular formula is C12H16N2O2. The summed E-state index contributed by atoms with van der Waals surface area (Å²) in [5, 5.41) is 12.2. The summed E-state index contributed by atoms with van der Waals surface area (Å²) in [5.74, 6) is -0.239. The van der Waals surface area contributed by atoms with Crippen LogP contribution in [0.2, 0.25) is 0 Å². The molecule has 1 heterocycles. The van der Waals surface area contributed by atoms with Gasteiger partial charge in [0.2, 0.25) is 0 Å². The van der Waals surface area contributed by atoms with Crippen molar-refractivity contribution < 1.29 is 9.90 Å². The van der Waals surface area contributed by atoms with Crippen LogP contribution in [0.1, 0.15) is 36.0 Å². The van der Waals surface area contributed by atoms with Crippen LogP contribution < -0.4 is 5.32 Å². The Hall–Kier alpha value is -1.58. The monoisotopic (exact) mass is 220 g/mol. The molecule has 0 aromatic carbocycles. The Labute approximate surface area is 94.7 Å². The normalized spacial score (nSPS) is 16.2. The second-order valence-corrected chi connectivity index (χ2v) is 4.26. The molecule has 0 aliphatic heterocycles. The molecule has 1 aromatic rings. The van der Waals surface area contributed by atoms with Crippen molar-refractivity contribution in [2.24, 2.45) is 5.92 Å². The van der Waals surface area contributed by atoms with Crippen LogP contribution in [0.3, 0.4) is 0 Å². The Bertz CT molecular complexity index is 373. The van der Waals surface area contributed by atoms with Gasteiger partial charge in [-0.1, -0.05) is 12.8 Å². The van der Waals surface area contributed by atoms with E-state index in [1.807, 2.05) is 0 Å². The highest BCUT2D eigenvalue weighted by Crippen LogP contribution is 2.25. The van der Waals surface area contributed by atoms with E-state index >= 15 is 0 Å². The minimum Gasteiger partial charge on any atom is -0.478 e. The summed E-state index contributed by atoms with van der Waals surface area (Å²) in [6, 6.07) is 1.72. The summed E-state index contributed by atoms with van der Waals surface area (Å²) in [4.78, 5) is 14.8. The van der Waals surface area contributed by atoms with Crippen LogP contribution in [0.15, 0.2) is 18.5 Å². The first-order chi connectivity index (χ1) is 7.77. The largest absolute Gasteiger partial charge is 0.478 e. The molecule has 1 aliphatic carbocycles. The molecule has 1 fully saturated rings. The number of pyridine rings is 1. The third-order valence-electron chi connectivity index (χ3n) is 3.11. The predicted octanol–water partition coefficient (Wildman–Crippen LogP) is 2.38. The molecule has 0 bridgehead atoms. The second kappa shape index (κ2) is 4.96. The number of carbonyl (C=O) groups is 1. The number of anilines is 1. The fourth-order valence-corrected chi connectivity index (χ4v) is 2.19. The van der Waals surface area contributed by atoms with Crippen LogP contribution in [0.25, 0.3) is 0 Å². The van der Waals surface area contributed by atoms with Crippen LogP contribution in [0, 0.1) is 5.92 Å². The zero-order chi connectivity index (χ0) is 11.4. The maximum Gasteiger partial charge on any atom is 0.339 e. The van der Waals surface area contributed by atoms with Gasteiger partial charge in [-0.15, -0.1) is 0 Å². The molecule has 0 unspecified atom stereocenters. The number of carboxylic acids is 1. The van der Waals surface area contributed by atoms with E-state index in [1.54, 1.807) is 12.3 Å². The van der Waals surface area contributed by atoms with Gasteiger partial charge in [-0.2, -0.15) is 0 Å². The molecule has 1 saturated carbocycles. The Kier molecular flexibility index (Phi) is 3.39. The molecule has 4 heteroatoms. The quantitative estimate of drug-likeness (QED) is 0.817. The lowest BCUT2D eigenvalue weighted by Gasteiger charge is -2.13. The molecule has 1 aromatic heterocycles. The standard InChI is InChI=1S/C12H16N2O2/c15-12(16)10-8-13-6-5-11(10)14-7-9-3-1-2-4-9/h5-6,8-9H,1-4,7H2,(H,13,14)(H,15,16). The van der Waals surface area contributed by atoms with Crippen LogP contribution in [-0.2, 0) is 0 Å². The first-order valence-electron chi connectivity index (χ1n) is 5.68. The third kappa shape index (κ3) is 2.51. The van der Waals surface area contributed by atoms with Crippen LogP contribution in [-0.4, -0.2) is 22.6 Å². The molecule has 0 radical (unpaired) electrons. The highest BCUT2D eigenvalue weighted by Gasteiger charge is 2.16. The predicted molar refractivity (Wildman–Crippen MR) is 61.6 cm³/mol. The summed E-state index contributed by atoms with van der Waals surface area (Å²) in [5.41, 5.74) is 0.926. The average molecular weight is 220 g/mol. The van der Waals surface area contributed by atoms with E-state index < -0.39 is 5.97 Å². The highest BCUT2D eigenvalue weighted by atomic mass is 16.4. The summed E-state index contributed by atoms with van der Waals surface area (Å²) < 4.78 is 0. The summed E-state index contributed by atoms with van der Waals surface area (Å²) in [7, 11) is 0. The molecule has 0 spiro atoms. The van der Waals surface area contributed by atoms with Gasteiger partial charge in [0, 0.05) is 18.9 Å². The molecule has 0 saturated heterocycles. The SMILES string of the molecule is O=C(O)c1cnccc1NCC1CCCC1. The molecule has 0 amide bonds. The smallest absolute Gasteiger partial charge is 0.339 e. The van der Waals surface area contributed by atoms with Crippen LogP contribution in [0.5, 0.6) is 0 Å². The highest BCUT2D eigenvalue weighted by molar-refractivity contribution is 5.93. The molecule has 4 nitrogen and oxygen atoms in total. The maximum atomic E-state index is 10.9. The zero-order valence-corrected chi connectivity index (χ0v) is 9.15. The molecule has 2 rings (SSSR count). The Morgan fingerprint density at radius 2 is 2.25 bits per heavy atom. The minimum atomic E-state index is -0.929. The topological polar surface area (TPSA) is 62.2 Å². The second-order valence-electron chi connectivity index (χ2n) is 4.26. The Morgan fingerprint density at radius 1 is 1.50 bits per heavy atom. The van der Waals surface area contributed by atoms with Gasteiger partial charge >= 0.3 is 5.97 Å². The number of hydrogen-bond donors (Lipinski definition) is 2. The number of aromatic carboxylic acids is 1. The van der Waals surface area contributed by atoms with E-state index in [-0.39, 0.29) is 5.56 Å². The number of hydrogen-bond acceptors (Lipinski definition) is 3. The van der Waals surface area contributed by atoms with E-state index in [2.05, 4.69) is 10.3 Å². The number of rotatable bonds is 4. The van der Waals surface area contributed by atoms with Crippen molar-refractivity contribution in [1.29, 1.82) is 0 Å². The lowest BCUT2D eigenvalue weighted by molar-refractivity contribution is 0.0697. The molecule has 2 N–H and O–H groups in total. The molecule has 86 valence electrons. The third-order valence-corrected chi connectivity index (χ3v) is 3.11. The fourth-order valence-electron chi connectivity index (χ4n) is 2.19. The summed E-state index contributed by atoms with van der Waals surface area (Å²) >= 11 is 0. The van der Waals surface area contributed by atoms with E-state index in [9.17, 15) is 4.79 Å². The van der Waals surface area contributed by atoms with Crippen molar-refractivity contribution in [1.82, 2.24) is 4.98 Å². The van der Waals surface area contributed by atoms with Crippen molar-refractivity contribution in [2.45, 2.75) is 25.7 Å². The van der Waals surface area contributed by atoms with Gasteiger partial charge in [0.25, 0.3) is 0 Å². The van der Waals surface area contributed by atoms with Gasteiger partial charge < -0.3 is 10.4 Å². The van der Waals surface area contributed by atoms with Crippen molar-refractivity contribution >= 4 is 11.7 Å². The number of aromatic nitrogens is 1. The summed E-state index contributed by atoms with van der Waals surface area (Å²) in [6.45, 7) is 0.865. The van der Waals surface area contributed by atoms with E-state index in [0.29, 0.717) is 11.6 Å². The molecule has 16 heavy (non-hydrogen) atoms. The van der Waals surface area contributed by atoms with E-state index in [0.717, 1.165) is 6.54 Å². The van der Waals surface area contributed by atoms with Gasteiger partial charge in [0.15, 0.2) is 0 Å².